The maximum Gasteiger partial charge on any atom is 0.309 e. The first-order chi connectivity index (χ1) is 17.6. The number of H-pyrrole nitrogens is 1. The average molecular weight is 544 g/mol. The van der Waals surface area contributed by atoms with Crippen LogP contribution in [-0.4, -0.2) is 37.2 Å². The summed E-state index contributed by atoms with van der Waals surface area (Å²) in [4.78, 5) is 33.0. The number of carbonyl (C=O) groups is 1. The van der Waals surface area contributed by atoms with Gasteiger partial charge in [-0.25, -0.2) is 0 Å². The third-order valence-corrected chi connectivity index (χ3v) is 7.53. The second-order valence-corrected chi connectivity index (χ2v) is 11.3. The number of carbonyl (C=O) groups excluding carboxylic acids is 1. The van der Waals surface area contributed by atoms with Crippen molar-refractivity contribution in [3.63, 3.8) is 0 Å². The third-order valence-electron chi connectivity index (χ3n) is 6.29. The zero-order valence-corrected chi connectivity index (χ0v) is 23.1. The van der Waals surface area contributed by atoms with Gasteiger partial charge in [-0.15, -0.1) is 11.3 Å². The van der Waals surface area contributed by atoms with Gasteiger partial charge >= 0.3 is 5.92 Å². The standard InChI is InChI=1S/C27H31F2N5O3S/c1-13(2)31-24(35)19-10-16-17(12-34(7)25(36)22(16)33-19)23-18(32-21-14(3)8-9-30-15(21)4)11-20(38-23)27(28,29)26(5,6)37/h8-13,32-33,37H,1-7H3,(H,31,35). The summed E-state index contributed by atoms with van der Waals surface area (Å²) < 4.78 is 32.1. The highest BCUT2D eigenvalue weighted by molar-refractivity contribution is 7.16. The van der Waals surface area contributed by atoms with Crippen LogP contribution in [0.4, 0.5) is 20.2 Å². The molecule has 4 rings (SSSR count). The second-order valence-electron chi connectivity index (χ2n) is 10.3. The number of amides is 1. The summed E-state index contributed by atoms with van der Waals surface area (Å²) in [5.74, 6) is -3.95. The van der Waals surface area contributed by atoms with Crippen molar-refractivity contribution in [2.45, 2.75) is 59.1 Å². The number of nitrogens with zero attached hydrogens (tertiary/aromatic N) is 2. The van der Waals surface area contributed by atoms with E-state index < -0.39 is 11.5 Å². The van der Waals surface area contributed by atoms with Gasteiger partial charge in [0, 0.05) is 36.4 Å². The SMILES string of the molecule is Cc1ccnc(C)c1Nc1cc(C(F)(F)C(C)(C)O)sc1-c1cn(C)c(=O)c2[nH]c(C(=O)NC(C)C)cc12. The summed E-state index contributed by atoms with van der Waals surface area (Å²) in [5.41, 5.74) is 0.739. The van der Waals surface area contributed by atoms with Crippen LogP contribution in [0.2, 0.25) is 0 Å². The Balaban J connectivity index is 1.99. The molecule has 0 unspecified atom stereocenters. The number of alkyl halides is 2. The number of aliphatic hydroxyl groups is 1. The summed E-state index contributed by atoms with van der Waals surface area (Å²) in [7, 11) is 1.56. The molecule has 0 aliphatic rings. The van der Waals surface area contributed by atoms with Crippen LogP contribution in [0.25, 0.3) is 21.3 Å². The first-order valence-electron chi connectivity index (χ1n) is 12.1. The molecule has 1 amide bonds. The molecule has 0 radical (unpaired) electrons. The van der Waals surface area contributed by atoms with Crippen LogP contribution in [0.1, 0.15) is 54.3 Å². The van der Waals surface area contributed by atoms with E-state index >= 15 is 8.78 Å². The molecule has 0 atom stereocenters. The Morgan fingerprint density at radius 2 is 1.92 bits per heavy atom. The number of aryl methyl sites for hydroxylation is 3. The van der Waals surface area contributed by atoms with Crippen molar-refractivity contribution >= 4 is 39.5 Å². The van der Waals surface area contributed by atoms with Gasteiger partial charge in [0.15, 0.2) is 0 Å². The van der Waals surface area contributed by atoms with E-state index in [2.05, 4.69) is 20.6 Å². The highest BCUT2D eigenvalue weighted by atomic mass is 32.1. The zero-order valence-electron chi connectivity index (χ0n) is 22.3. The molecule has 0 aromatic carbocycles. The highest BCUT2D eigenvalue weighted by Crippen LogP contribution is 2.49. The molecule has 11 heteroatoms. The van der Waals surface area contributed by atoms with Gasteiger partial charge in [-0.2, -0.15) is 8.78 Å². The van der Waals surface area contributed by atoms with Gasteiger partial charge in [0.2, 0.25) is 0 Å². The Bertz CT molecular complexity index is 1570. The van der Waals surface area contributed by atoms with Crippen molar-refractivity contribution in [2.24, 2.45) is 7.05 Å². The first kappa shape index (κ1) is 27.5. The maximum atomic E-state index is 15.4. The molecule has 0 fully saturated rings. The molecule has 4 aromatic heterocycles. The number of halogens is 2. The Morgan fingerprint density at radius 3 is 2.53 bits per heavy atom. The summed E-state index contributed by atoms with van der Waals surface area (Å²) in [6.45, 7) is 9.45. The molecule has 38 heavy (non-hydrogen) atoms. The summed E-state index contributed by atoms with van der Waals surface area (Å²) in [6, 6.07) is 4.56. The number of nitrogens with one attached hydrogen (secondary N) is 3. The van der Waals surface area contributed by atoms with Gasteiger partial charge in [-0.05, 0) is 65.3 Å². The minimum atomic E-state index is -3.56. The number of fused-ring (bicyclic) bond motifs is 1. The maximum absolute atomic E-state index is 15.4. The molecular weight excluding hydrogens is 512 g/mol. The highest BCUT2D eigenvalue weighted by Gasteiger charge is 2.48. The molecule has 0 spiro atoms. The Morgan fingerprint density at radius 1 is 1.24 bits per heavy atom. The number of hydrogen-bond donors (Lipinski definition) is 4. The molecule has 0 saturated carbocycles. The van der Waals surface area contributed by atoms with Gasteiger partial charge in [0.05, 0.1) is 26.8 Å². The van der Waals surface area contributed by atoms with Gasteiger partial charge in [0.25, 0.3) is 11.5 Å². The molecule has 4 heterocycles. The number of aromatic amines is 1. The number of anilines is 2. The van der Waals surface area contributed by atoms with Crippen molar-refractivity contribution in [1.29, 1.82) is 0 Å². The van der Waals surface area contributed by atoms with Crippen molar-refractivity contribution in [1.82, 2.24) is 19.9 Å². The fraction of sp³-hybridized carbons (Fsp3) is 0.370. The summed E-state index contributed by atoms with van der Waals surface area (Å²) in [6.07, 6.45) is 3.23. The number of thiophene rings is 1. The summed E-state index contributed by atoms with van der Waals surface area (Å²) >= 11 is 0.812. The topological polar surface area (TPSA) is 112 Å². The molecule has 0 bridgehead atoms. The molecule has 8 nitrogen and oxygen atoms in total. The molecular formula is C27H31F2N5O3S. The van der Waals surface area contributed by atoms with E-state index in [4.69, 9.17) is 0 Å². The normalized spacial score (nSPS) is 12.4. The molecule has 0 aliphatic carbocycles. The lowest BCUT2D eigenvalue weighted by Gasteiger charge is -2.27. The fourth-order valence-electron chi connectivity index (χ4n) is 4.14. The van der Waals surface area contributed by atoms with E-state index in [1.807, 2.05) is 33.8 Å². The van der Waals surface area contributed by atoms with E-state index in [1.165, 1.54) is 10.6 Å². The quantitative estimate of drug-likeness (QED) is 0.251. The Kier molecular flexibility index (Phi) is 6.96. The predicted octanol–water partition coefficient (Wildman–Crippen LogP) is 5.35. The van der Waals surface area contributed by atoms with Crippen molar-refractivity contribution in [3.05, 3.63) is 62.8 Å². The molecule has 4 aromatic rings. The van der Waals surface area contributed by atoms with E-state index in [1.54, 1.807) is 25.5 Å². The van der Waals surface area contributed by atoms with Crippen molar-refractivity contribution in [3.8, 4) is 10.4 Å². The Labute approximate surface area is 222 Å². The second kappa shape index (κ2) is 9.63. The van der Waals surface area contributed by atoms with Crippen LogP contribution < -0.4 is 16.2 Å². The molecule has 0 aliphatic heterocycles. The summed E-state index contributed by atoms with van der Waals surface area (Å²) in [5, 5.41) is 16.7. The van der Waals surface area contributed by atoms with Crippen LogP contribution in [0, 0.1) is 13.8 Å². The van der Waals surface area contributed by atoms with E-state index in [0.29, 0.717) is 32.9 Å². The van der Waals surface area contributed by atoms with Crippen LogP contribution in [0.5, 0.6) is 0 Å². The average Bonchev–Trinajstić information content (AvgIpc) is 3.43. The lowest BCUT2D eigenvalue weighted by Crippen LogP contribution is -2.39. The molecule has 4 N–H and O–H groups in total. The van der Waals surface area contributed by atoms with Crippen molar-refractivity contribution < 1.29 is 18.7 Å². The lowest BCUT2D eigenvalue weighted by molar-refractivity contribution is -0.166. The van der Waals surface area contributed by atoms with Crippen molar-refractivity contribution in [2.75, 3.05) is 5.32 Å². The Hall–Kier alpha value is -3.57. The van der Waals surface area contributed by atoms with Crippen LogP contribution in [0.15, 0.2) is 35.4 Å². The largest absolute Gasteiger partial charge is 0.384 e. The van der Waals surface area contributed by atoms with Crippen LogP contribution >= 0.6 is 11.3 Å². The molecule has 202 valence electrons. The zero-order chi connectivity index (χ0) is 28.2. The smallest absolute Gasteiger partial charge is 0.309 e. The number of rotatable bonds is 7. The number of hydrogen-bond acceptors (Lipinski definition) is 6. The minimum absolute atomic E-state index is 0.123. The third kappa shape index (κ3) is 4.83. The van der Waals surface area contributed by atoms with E-state index in [9.17, 15) is 14.7 Å². The lowest BCUT2D eigenvalue weighted by atomic mass is 9.99. The predicted molar refractivity (Wildman–Crippen MR) is 147 cm³/mol. The van der Waals surface area contributed by atoms with Gasteiger partial charge in [0.1, 0.15) is 16.8 Å². The first-order valence-corrected chi connectivity index (χ1v) is 12.9. The number of pyridine rings is 2. The van der Waals surface area contributed by atoms with Crippen LogP contribution in [-0.2, 0) is 13.0 Å². The van der Waals surface area contributed by atoms with E-state index in [-0.39, 0.29) is 33.6 Å². The van der Waals surface area contributed by atoms with E-state index in [0.717, 1.165) is 30.7 Å². The molecule has 0 saturated heterocycles. The van der Waals surface area contributed by atoms with Gasteiger partial charge in [-0.3, -0.25) is 14.6 Å². The minimum Gasteiger partial charge on any atom is -0.384 e. The number of aromatic nitrogens is 3. The van der Waals surface area contributed by atoms with Crippen LogP contribution in [0.3, 0.4) is 0 Å². The van der Waals surface area contributed by atoms with Gasteiger partial charge in [-0.1, -0.05) is 0 Å². The van der Waals surface area contributed by atoms with Gasteiger partial charge < -0.3 is 25.3 Å². The fourth-order valence-corrected chi connectivity index (χ4v) is 5.40. The monoisotopic (exact) mass is 543 g/mol.